The molecule has 0 heterocycles. The molecule has 0 fully saturated rings. The number of rotatable bonds is 13. The molecule has 254 valence electrons. The van der Waals surface area contributed by atoms with Crippen molar-refractivity contribution in [1.82, 2.24) is 10.2 Å². The number of phenolic OH excluding ortho intramolecular Hbond substituents is 1. The number of unbranched alkanes of at least 4 members (excludes halogenated alkanes) is 3. The van der Waals surface area contributed by atoms with E-state index in [0.29, 0.717) is 18.7 Å². The number of amides is 3. The Morgan fingerprint density at radius 2 is 1.56 bits per heavy atom. The summed E-state index contributed by atoms with van der Waals surface area (Å²) in [6.45, 7) is 11.6. The molecule has 0 saturated heterocycles. The largest absolute Gasteiger partial charge is 0.508 e. The van der Waals surface area contributed by atoms with Crippen LogP contribution < -0.4 is 10.6 Å². The van der Waals surface area contributed by atoms with Crippen molar-refractivity contribution in [2.45, 2.75) is 91.3 Å². The van der Waals surface area contributed by atoms with Gasteiger partial charge in [-0.2, -0.15) is 0 Å². The van der Waals surface area contributed by atoms with E-state index in [1.165, 1.54) is 0 Å². The van der Waals surface area contributed by atoms with Gasteiger partial charge in [0.2, 0.25) is 5.91 Å². The second-order valence-electron chi connectivity index (χ2n) is 13.5. The fraction of sp³-hybridized carbons (Fsp3) is 0.375. The molecule has 0 aliphatic carbocycles. The van der Waals surface area contributed by atoms with Crippen molar-refractivity contribution in [2.24, 2.45) is 0 Å². The average molecular weight is 652 g/mol. The van der Waals surface area contributed by atoms with Crippen molar-refractivity contribution >= 4 is 34.4 Å². The molecule has 4 aromatic rings. The summed E-state index contributed by atoms with van der Waals surface area (Å²) >= 11 is 0. The molecular weight excluding hydrogens is 602 g/mol. The van der Waals surface area contributed by atoms with Gasteiger partial charge >= 0.3 is 6.09 Å². The van der Waals surface area contributed by atoms with Crippen LogP contribution in [0.15, 0.2) is 84.9 Å². The van der Waals surface area contributed by atoms with Gasteiger partial charge in [0, 0.05) is 18.7 Å². The van der Waals surface area contributed by atoms with Crippen LogP contribution in [0.5, 0.6) is 5.75 Å². The number of phenols is 1. The van der Waals surface area contributed by atoms with E-state index in [2.05, 4.69) is 17.6 Å². The van der Waals surface area contributed by atoms with E-state index in [4.69, 9.17) is 4.74 Å². The van der Waals surface area contributed by atoms with Gasteiger partial charge in [0.1, 0.15) is 23.4 Å². The molecule has 0 aliphatic rings. The SMILES string of the molecule is CCCCCCN(C(=O)C(Cc1ccc(O)cc1)NC(=O)OC(C)(C)C)C(C(=O)Nc1ccc2ccccc2c1)c1cc(C)ccc1C. The molecule has 0 saturated carbocycles. The minimum Gasteiger partial charge on any atom is -0.508 e. The number of fused-ring (bicyclic) bond motifs is 1. The van der Waals surface area contributed by atoms with Gasteiger partial charge in [-0.05, 0) is 92.8 Å². The average Bonchev–Trinajstić information content (AvgIpc) is 3.03. The van der Waals surface area contributed by atoms with E-state index in [-0.39, 0.29) is 18.1 Å². The number of aryl methyl sites for hydroxylation is 2. The summed E-state index contributed by atoms with van der Waals surface area (Å²) in [6.07, 6.45) is 2.98. The highest BCUT2D eigenvalue weighted by molar-refractivity contribution is 6.00. The molecule has 2 unspecified atom stereocenters. The number of hydrogen-bond acceptors (Lipinski definition) is 5. The van der Waals surface area contributed by atoms with Crippen molar-refractivity contribution in [2.75, 3.05) is 11.9 Å². The first-order valence-electron chi connectivity index (χ1n) is 16.8. The van der Waals surface area contributed by atoms with Crippen LogP contribution in [0.4, 0.5) is 10.5 Å². The molecule has 0 aromatic heterocycles. The smallest absolute Gasteiger partial charge is 0.408 e. The Morgan fingerprint density at radius 3 is 2.25 bits per heavy atom. The van der Waals surface area contributed by atoms with E-state index >= 15 is 0 Å². The molecule has 0 aliphatic heterocycles. The molecule has 3 amide bonds. The van der Waals surface area contributed by atoms with Gasteiger partial charge in [-0.3, -0.25) is 9.59 Å². The lowest BCUT2D eigenvalue weighted by atomic mass is 9.95. The maximum absolute atomic E-state index is 14.8. The molecule has 8 heteroatoms. The molecule has 0 radical (unpaired) electrons. The predicted molar refractivity (Wildman–Crippen MR) is 192 cm³/mol. The number of carbonyl (C=O) groups excluding carboxylic acids is 3. The second-order valence-corrected chi connectivity index (χ2v) is 13.5. The van der Waals surface area contributed by atoms with E-state index < -0.39 is 29.7 Å². The van der Waals surface area contributed by atoms with Crippen molar-refractivity contribution in [3.8, 4) is 5.75 Å². The molecule has 3 N–H and O–H groups in total. The summed E-state index contributed by atoms with van der Waals surface area (Å²) in [5.74, 6) is -0.645. The number of anilines is 1. The van der Waals surface area contributed by atoms with Gasteiger partial charge < -0.3 is 25.4 Å². The Hall–Kier alpha value is -4.85. The highest BCUT2D eigenvalue weighted by atomic mass is 16.6. The maximum atomic E-state index is 14.8. The molecule has 48 heavy (non-hydrogen) atoms. The van der Waals surface area contributed by atoms with Crippen LogP contribution >= 0.6 is 0 Å². The zero-order chi connectivity index (χ0) is 34.8. The molecule has 0 spiro atoms. The molecule has 0 bridgehead atoms. The summed E-state index contributed by atoms with van der Waals surface area (Å²) < 4.78 is 5.57. The number of carbonyl (C=O) groups is 3. The standard InChI is InChI=1S/C40H49N3O5/c1-7-8-9-12-23-43(38(46)35(42-39(47)48-40(4,5)6)25-29-17-21-33(44)22-18-29)36(34-24-27(2)15-16-28(34)3)37(45)41-32-20-19-30-13-10-11-14-31(30)26-32/h10-11,13-22,24,26,35-36,44H,7-9,12,23,25H2,1-6H3,(H,41,45)(H,42,47). The third-order valence-corrected chi connectivity index (χ3v) is 8.21. The van der Waals surface area contributed by atoms with Crippen LogP contribution in [0.2, 0.25) is 0 Å². The van der Waals surface area contributed by atoms with E-state index in [9.17, 15) is 19.5 Å². The lowest BCUT2D eigenvalue weighted by molar-refractivity contribution is -0.140. The Bertz CT molecular complexity index is 1710. The number of benzene rings is 4. The number of nitrogens with zero attached hydrogens (tertiary/aromatic N) is 1. The van der Waals surface area contributed by atoms with E-state index in [0.717, 1.165) is 52.3 Å². The van der Waals surface area contributed by atoms with Crippen molar-refractivity contribution in [1.29, 1.82) is 0 Å². The first-order chi connectivity index (χ1) is 22.8. The minimum atomic E-state index is -1.04. The predicted octanol–water partition coefficient (Wildman–Crippen LogP) is 8.39. The summed E-state index contributed by atoms with van der Waals surface area (Å²) in [7, 11) is 0. The fourth-order valence-electron chi connectivity index (χ4n) is 5.78. The zero-order valence-corrected chi connectivity index (χ0v) is 29.0. The van der Waals surface area contributed by atoms with Crippen LogP contribution in [0.1, 0.15) is 81.7 Å². The van der Waals surface area contributed by atoms with Crippen molar-refractivity contribution in [3.05, 3.63) is 107 Å². The number of hydrogen-bond donors (Lipinski definition) is 3. The van der Waals surface area contributed by atoms with Crippen molar-refractivity contribution < 1.29 is 24.2 Å². The first kappa shape index (κ1) is 36.0. The van der Waals surface area contributed by atoms with Gasteiger partial charge in [-0.15, -0.1) is 0 Å². The number of alkyl carbamates (subject to hydrolysis) is 1. The quantitative estimate of drug-likeness (QED) is 0.126. The Morgan fingerprint density at radius 1 is 0.854 bits per heavy atom. The van der Waals surface area contributed by atoms with Crippen molar-refractivity contribution in [3.63, 3.8) is 0 Å². The molecule has 2 atom stereocenters. The zero-order valence-electron chi connectivity index (χ0n) is 29.0. The highest BCUT2D eigenvalue weighted by Gasteiger charge is 2.37. The summed E-state index contributed by atoms with van der Waals surface area (Å²) in [6, 6.07) is 24.1. The van der Waals surface area contributed by atoms with Gasteiger partial charge in [0.25, 0.3) is 5.91 Å². The van der Waals surface area contributed by atoms with Crippen LogP contribution in [0.25, 0.3) is 10.8 Å². The lowest BCUT2D eigenvalue weighted by Gasteiger charge is -2.35. The molecule has 4 rings (SSSR count). The Labute approximate surface area is 284 Å². The fourth-order valence-corrected chi connectivity index (χ4v) is 5.78. The van der Waals surface area contributed by atoms with Gasteiger partial charge in [-0.25, -0.2) is 4.79 Å². The normalized spacial score (nSPS) is 12.6. The number of nitrogens with one attached hydrogen (secondary N) is 2. The molecule has 8 nitrogen and oxygen atoms in total. The first-order valence-corrected chi connectivity index (χ1v) is 16.8. The second kappa shape index (κ2) is 16.3. The Balaban J connectivity index is 1.79. The lowest BCUT2D eigenvalue weighted by Crippen LogP contribution is -2.53. The third-order valence-electron chi connectivity index (χ3n) is 8.21. The Kier molecular flexibility index (Phi) is 12.2. The van der Waals surface area contributed by atoms with Crippen LogP contribution in [0, 0.1) is 13.8 Å². The van der Waals surface area contributed by atoms with Gasteiger partial charge in [0.15, 0.2) is 0 Å². The van der Waals surface area contributed by atoms with E-state index in [1.807, 2.05) is 74.5 Å². The topological polar surface area (TPSA) is 108 Å². The van der Waals surface area contributed by atoms with Gasteiger partial charge in [-0.1, -0.05) is 92.4 Å². The maximum Gasteiger partial charge on any atom is 0.408 e. The number of ether oxygens (including phenoxy) is 1. The third kappa shape index (κ3) is 10.1. The molecule has 4 aromatic carbocycles. The number of aromatic hydroxyl groups is 1. The van der Waals surface area contributed by atoms with Crippen LogP contribution in [-0.4, -0.2) is 46.1 Å². The van der Waals surface area contributed by atoms with Crippen LogP contribution in [-0.2, 0) is 20.7 Å². The molecular formula is C40H49N3O5. The van der Waals surface area contributed by atoms with E-state index in [1.54, 1.807) is 49.9 Å². The van der Waals surface area contributed by atoms with Crippen LogP contribution in [0.3, 0.4) is 0 Å². The monoisotopic (exact) mass is 651 g/mol. The van der Waals surface area contributed by atoms with Gasteiger partial charge in [0.05, 0.1) is 0 Å². The highest BCUT2D eigenvalue weighted by Crippen LogP contribution is 2.30. The summed E-state index contributed by atoms with van der Waals surface area (Å²) in [5.41, 5.74) is 3.14. The summed E-state index contributed by atoms with van der Waals surface area (Å²) in [5, 5.41) is 17.8. The minimum absolute atomic E-state index is 0.0969. The summed E-state index contributed by atoms with van der Waals surface area (Å²) in [4.78, 5) is 44.1.